The number of para-hydroxylation sites is 1. The third kappa shape index (κ3) is 2.79. The van der Waals surface area contributed by atoms with Gasteiger partial charge in [0.05, 0.1) is 22.9 Å². The Balaban J connectivity index is 2.26. The van der Waals surface area contributed by atoms with Crippen molar-refractivity contribution in [3.05, 3.63) is 64.7 Å². The largest absolute Gasteiger partial charge is 0.369 e. The predicted molar refractivity (Wildman–Crippen MR) is 79.2 cm³/mol. The van der Waals surface area contributed by atoms with E-state index in [1.807, 2.05) is 61.3 Å². The van der Waals surface area contributed by atoms with E-state index < -0.39 is 0 Å². The molecule has 2 aromatic carbocycles. The molecule has 0 N–H and O–H groups in total. The van der Waals surface area contributed by atoms with Gasteiger partial charge in [-0.3, -0.25) is 0 Å². The molecule has 3 nitrogen and oxygen atoms in total. The Bertz CT molecular complexity index is 705. The van der Waals surface area contributed by atoms with E-state index in [0.29, 0.717) is 17.7 Å². The Morgan fingerprint density at radius 3 is 2.45 bits per heavy atom. The fraction of sp³-hybridized carbons (Fsp3) is 0.176. The topological polar surface area (TPSA) is 50.8 Å². The Hall–Kier alpha value is -2.78. The average molecular weight is 261 g/mol. The molecule has 0 aromatic heterocycles. The van der Waals surface area contributed by atoms with Crippen LogP contribution in [-0.2, 0) is 6.54 Å². The van der Waals surface area contributed by atoms with E-state index in [0.717, 1.165) is 16.8 Å². The summed E-state index contributed by atoms with van der Waals surface area (Å²) in [5.41, 5.74) is 4.50. The van der Waals surface area contributed by atoms with E-state index in [1.54, 1.807) is 0 Å². The number of hydrogen-bond donors (Lipinski definition) is 0. The van der Waals surface area contributed by atoms with Crippen molar-refractivity contribution >= 4 is 5.69 Å². The minimum absolute atomic E-state index is 0.668. The Morgan fingerprint density at radius 2 is 1.80 bits per heavy atom. The number of rotatable bonds is 3. The van der Waals surface area contributed by atoms with E-state index in [-0.39, 0.29) is 0 Å². The minimum Gasteiger partial charge on any atom is -0.369 e. The molecule has 0 radical (unpaired) electrons. The lowest BCUT2D eigenvalue weighted by molar-refractivity contribution is 0.912. The van der Waals surface area contributed by atoms with Crippen LogP contribution < -0.4 is 4.90 Å². The second-order valence-corrected chi connectivity index (χ2v) is 4.74. The van der Waals surface area contributed by atoms with Crippen molar-refractivity contribution in [1.82, 2.24) is 0 Å². The number of benzene rings is 2. The first-order chi connectivity index (χ1) is 9.65. The normalized spacial score (nSPS) is 9.60. The fourth-order valence-electron chi connectivity index (χ4n) is 2.18. The van der Waals surface area contributed by atoms with Crippen LogP contribution in [0.4, 0.5) is 5.69 Å². The van der Waals surface area contributed by atoms with E-state index in [4.69, 9.17) is 10.5 Å². The van der Waals surface area contributed by atoms with Gasteiger partial charge < -0.3 is 4.90 Å². The lowest BCUT2D eigenvalue weighted by Crippen LogP contribution is -2.18. The molecule has 0 unspecified atom stereocenters. The molecule has 0 bridgehead atoms. The average Bonchev–Trinajstić information content (AvgIpc) is 2.49. The van der Waals surface area contributed by atoms with Gasteiger partial charge in [-0.05, 0) is 42.3 Å². The van der Waals surface area contributed by atoms with Crippen LogP contribution in [0.15, 0.2) is 42.5 Å². The zero-order valence-electron chi connectivity index (χ0n) is 11.6. The van der Waals surface area contributed by atoms with Crippen molar-refractivity contribution in [3.8, 4) is 12.1 Å². The first-order valence-electron chi connectivity index (χ1n) is 6.35. The molecule has 0 fully saturated rings. The molecule has 0 aliphatic rings. The van der Waals surface area contributed by atoms with Crippen LogP contribution in [0.2, 0.25) is 0 Å². The number of anilines is 1. The van der Waals surface area contributed by atoms with Crippen LogP contribution in [0.1, 0.15) is 22.3 Å². The molecule has 0 saturated heterocycles. The van der Waals surface area contributed by atoms with Gasteiger partial charge in [0.25, 0.3) is 0 Å². The molecule has 0 aliphatic carbocycles. The number of hydrogen-bond acceptors (Lipinski definition) is 3. The van der Waals surface area contributed by atoms with Crippen molar-refractivity contribution in [2.75, 3.05) is 11.9 Å². The highest BCUT2D eigenvalue weighted by molar-refractivity contribution is 5.59. The summed E-state index contributed by atoms with van der Waals surface area (Å²) in [7, 11) is 1.97. The van der Waals surface area contributed by atoms with E-state index in [1.165, 1.54) is 0 Å². The summed E-state index contributed by atoms with van der Waals surface area (Å²) in [6, 6.07) is 17.6. The van der Waals surface area contributed by atoms with Gasteiger partial charge >= 0.3 is 0 Å². The standard InChI is InChI=1S/C17H15N3/c1-13-9-14(10-18)7-8-16(13)12-20(2)17-6-4-3-5-15(17)11-19/h3-9H,12H2,1-2H3. The summed E-state index contributed by atoms with van der Waals surface area (Å²) in [6.07, 6.45) is 0. The highest BCUT2D eigenvalue weighted by Gasteiger charge is 2.08. The maximum Gasteiger partial charge on any atom is 0.101 e. The van der Waals surface area contributed by atoms with Gasteiger partial charge in [0, 0.05) is 13.6 Å². The van der Waals surface area contributed by atoms with Crippen LogP contribution in [0.3, 0.4) is 0 Å². The van der Waals surface area contributed by atoms with Crippen molar-refractivity contribution < 1.29 is 0 Å². The number of nitriles is 2. The third-order valence-electron chi connectivity index (χ3n) is 3.31. The van der Waals surface area contributed by atoms with Crippen molar-refractivity contribution in [3.63, 3.8) is 0 Å². The predicted octanol–water partition coefficient (Wildman–Crippen LogP) is 3.37. The van der Waals surface area contributed by atoms with Gasteiger partial charge in [-0.15, -0.1) is 0 Å². The molecule has 0 amide bonds. The van der Waals surface area contributed by atoms with Gasteiger partial charge in [-0.25, -0.2) is 0 Å². The summed E-state index contributed by atoms with van der Waals surface area (Å²) < 4.78 is 0. The maximum absolute atomic E-state index is 9.14. The molecule has 0 spiro atoms. The van der Waals surface area contributed by atoms with Gasteiger partial charge in [0.1, 0.15) is 6.07 Å². The van der Waals surface area contributed by atoms with Crippen LogP contribution in [0.5, 0.6) is 0 Å². The first kappa shape index (κ1) is 13.6. The van der Waals surface area contributed by atoms with E-state index in [2.05, 4.69) is 12.1 Å². The van der Waals surface area contributed by atoms with Crippen LogP contribution in [0, 0.1) is 29.6 Å². The maximum atomic E-state index is 9.14. The Labute approximate surface area is 119 Å². The summed E-state index contributed by atoms with van der Waals surface area (Å²) in [5, 5.41) is 18.0. The molecule has 0 heterocycles. The molecule has 98 valence electrons. The smallest absolute Gasteiger partial charge is 0.101 e. The van der Waals surface area contributed by atoms with Gasteiger partial charge in [0.2, 0.25) is 0 Å². The van der Waals surface area contributed by atoms with Gasteiger partial charge in [-0.2, -0.15) is 10.5 Å². The minimum atomic E-state index is 0.668. The van der Waals surface area contributed by atoms with E-state index in [9.17, 15) is 0 Å². The monoisotopic (exact) mass is 261 g/mol. The number of aryl methyl sites for hydroxylation is 1. The van der Waals surface area contributed by atoms with Crippen molar-refractivity contribution in [2.24, 2.45) is 0 Å². The zero-order chi connectivity index (χ0) is 14.5. The van der Waals surface area contributed by atoms with Gasteiger partial charge in [-0.1, -0.05) is 18.2 Å². The molecule has 0 saturated carbocycles. The molecular formula is C17H15N3. The highest BCUT2D eigenvalue weighted by Crippen LogP contribution is 2.21. The summed E-state index contributed by atoms with van der Waals surface area (Å²) >= 11 is 0. The second-order valence-electron chi connectivity index (χ2n) is 4.74. The summed E-state index contributed by atoms with van der Waals surface area (Å²) in [5.74, 6) is 0. The van der Waals surface area contributed by atoms with E-state index >= 15 is 0 Å². The van der Waals surface area contributed by atoms with Crippen LogP contribution >= 0.6 is 0 Å². The third-order valence-corrected chi connectivity index (χ3v) is 3.31. The Morgan fingerprint density at radius 1 is 1.05 bits per heavy atom. The van der Waals surface area contributed by atoms with Crippen molar-refractivity contribution in [2.45, 2.75) is 13.5 Å². The highest BCUT2D eigenvalue weighted by atomic mass is 15.1. The lowest BCUT2D eigenvalue weighted by Gasteiger charge is -2.21. The first-order valence-corrected chi connectivity index (χ1v) is 6.35. The Kier molecular flexibility index (Phi) is 4.03. The lowest BCUT2D eigenvalue weighted by atomic mass is 10.0. The summed E-state index contributed by atoms with van der Waals surface area (Å²) in [6.45, 7) is 2.70. The molecule has 3 heteroatoms. The SMILES string of the molecule is Cc1cc(C#N)ccc1CN(C)c1ccccc1C#N. The molecule has 2 rings (SSSR count). The quantitative estimate of drug-likeness (QED) is 0.851. The molecule has 20 heavy (non-hydrogen) atoms. The summed E-state index contributed by atoms with van der Waals surface area (Å²) in [4.78, 5) is 2.05. The van der Waals surface area contributed by atoms with Gasteiger partial charge in [0.15, 0.2) is 0 Å². The molecule has 2 aromatic rings. The molecule has 0 atom stereocenters. The molecular weight excluding hydrogens is 246 g/mol. The molecule has 0 aliphatic heterocycles. The second kappa shape index (κ2) is 5.91. The van der Waals surface area contributed by atoms with Crippen LogP contribution in [-0.4, -0.2) is 7.05 Å². The van der Waals surface area contributed by atoms with Crippen LogP contribution in [0.25, 0.3) is 0 Å². The fourth-order valence-corrected chi connectivity index (χ4v) is 2.18. The number of nitrogens with zero attached hydrogens (tertiary/aromatic N) is 3. The van der Waals surface area contributed by atoms with Crippen molar-refractivity contribution in [1.29, 1.82) is 10.5 Å². The zero-order valence-corrected chi connectivity index (χ0v) is 11.6.